The monoisotopic (exact) mass is 417 g/mol. The molecule has 1 aromatic heterocycles. The lowest BCUT2D eigenvalue weighted by Crippen LogP contribution is -2.71. The molecule has 2 aliphatic rings. The van der Waals surface area contributed by atoms with E-state index >= 15 is 0 Å². The van der Waals surface area contributed by atoms with Crippen LogP contribution in [0.3, 0.4) is 0 Å². The number of fused-ring (bicyclic) bond motifs is 1. The van der Waals surface area contributed by atoms with E-state index < -0.39 is 35.2 Å². The van der Waals surface area contributed by atoms with Gasteiger partial charge in [0, 0.05) is 11.3 Å². The first-order valence-corrected chi connectivity index (χ1v) is 10.2. The van der Waals surface area contributed by atoms with Gasteiger partial charge >= 0.3 is 5.97 Å². The fourth-order valence-electron chi connectivity index (χ4n) is 3.14. The Hall–Kier alpha value is -2.76. The number of thioether (sulfide) groups is 1. The SMILES string of the molecule is NC(C(=O)NC1C(=O)N2C(C(=O)O)=C(c3nncs3)CS[C@H]12)c1ccccc1. The van der Waals surface area contributed by atoms with E-state index in [1.807, 2.05) is 6.07 Å². The lowest BCUT2D eigenvalue weighted by molar-refractivity contribution is -0.150. The number of aromatic nitrogens is 2. The van der Waals surface area contributed by atoms with E-state index in [4.69, 9.17) is 5.73 Å². The third-order valence-corrected chi connectivity index (χ3v) is 6.56. The summed E-state index contributed by atoms with van der Waals surface area (Å²) in [6, 6.07) is 7.08. The van der Waals surface area contributed by atoms with Crippen molar-refractivity contribution >= 4 is 46.5 Å². The number of hydrogen-bond acceptors (Lipinski definition) is 8. The summed E-state index contributed by atoms with van der Waals surface area (Å²) in [5.74, 6) is -1.83. The minimum Gasteiger partial charge on any atom is -0.477 e. The molecule has 0 saturated carbocycles. The summed E-state index contributed by atoms with van der Waals surface area (Å²) < 4.78 is 0. The third-order valence-electron chi connectivity index (χ3n) is 4.53. The van der Waals surface area contributed by atoms with Crippen molar-refractivity contribution < 1.29 is 19.5 Å². The first kappa shape index (κ1) is 18.6. The maximum absolute atomic E-state index is 12.6. The third kappa shape index (κ3) is 3.07. The van der Waals surface area contributed by atoms with Gasteiger partial charge in [-0.1, -0.05) is 30.3 Å². The van der Waals surface area contributed by atoms with Gasteiger partial charge in [0.25, 0.3) is 5.91 Å². The van der Waals surface area contributed by atoms with Crippen LogP contribution in [0.5, 0.6) is 0 Å². The number of β-lactam (4-membered cyclic amide) rings is 1. The van der Waals surface area contributed by atoms with Crippen molar-refractivity contribution in [3.63, 3.8) is 0 Å². The number of carbonyl (C=O) groups excluding carboxylic acids is 2. The molecule has 0 spiro atoms. The van der Waals surface area contributed by atoms with Crippen molar-refractivity contribution in [3.8, 4) is 0 Å². The van der Waals surface area contributed by atoms with Gasteiger partial charge in [-0.2, -0.15) is 0 Å². The molecule has 11 heteroatoms. The molecule has 3 heterocycles. The molecular weight excluding hydrogens is 402 g/mol. The lowest BCUT2D eigenvalue weighted by atomic mass is 10.0. The average Bonchev–Trinajstić information content (AvgIpc) is 3.25. The van der Waals surface area contributed by atoms with Gasteiger partial charge < -0.3 is 16.2 Å². The van der Waals surface area contributed by atoms with Crippen LogP contribution in [-0.4, -0.2) is 55.2 Å². The Balaban J connectivity index is 1.53. The Morgan fingerprint density at radius 1 is 1.32 bits per heavy atom. The Morgan fingerprint density at radius 2 is 2.07 bits per heavy atom. The minimum absolute atomic E-state index is 0.108. The van der Waals surface area contributed by atoms with Gasteiger partial charge in [-0.15, -0.1) is 33.3 Å². The molecule has 4 N–H and O–H groups in total. The van der Waals surface area contributed by atoms with Crippen molar-refractivity contribution in [2.75, 3.05) is 5.75 Å². The summed E-state index contributed by atoms with van der Waals surface area (Å²) in [5, 5.41) is 19.9. The van der Waals surface area contributed by atoms with E-state index in [1.165, 1.54) is 33.5 Å². The number of hydrogen-bond donors (Lipinski definition) is 3. The van der Waals surface area contributed by atoms with Crippen LogP contribution in [-0.2, 0) is 14.4 Å². The molecule has 2 aromatic rings. The Kier molecular flexibility index (Phi) is 4.87. The standard InChI is InChI=1S/C17H15N5O4S2/c18-10(8-4-2-1-3-5-8)13(23)20-11-15(24)22-12(17(25)26)9(6-27-16(11)22)14-21-19-7-28-14/h1-5,7,10-11,16H,6,18H2,(H,20,23)(H,25,26)/t10?,11?,16-/m1/s1. The normalized spacial score (nSPS) is 22.3. The maximum Gasteiger partial charge on any atom is 0.353 e. The van der Waals surface area contributed by atoms with E-state index in [2.05, 4.69) is 15.5 Å². The summed E-state index contributed by atoms with van der Waals surface area (Å²) in [7, 11) is 0. The van der Waals surface area contributed by atoms with Crippen LogP contribution in [0.2, 0.25) is 0 Å². The Morgan fingerprint density at radius 3 is 2.71 bits per heavy atom. The molecule has 9 nitrogen and oxygen atoms in total. The van der Waals surface area contributed by atoms with Gasteiger partial charge in [0.1, 0.15) is 33.7 Å². The van der Waals surface area contributed by atoms with Gasteiger partial charge in [0.15, 0.2) is 0 Å². The molecule has 0 bridgehead atoms. The zero-order valence-corrected chi connectivity index (χ0v) is 15.9. The first-order chi connectivity index (χ1) is 13.5. The number of aliphatic carboxylic acids is 1. The molecule has 2 unspecified atom stereocenters. The molecule has 28 heavy (non-hydrogen) atoms. The summed E-state index contributed by atoms with van der Waals surface area (Å²) in [4.78, 5) is 38.1. The van der Waals surface area contributed by atoms with Crippen LogP contribution >= 0.6 is 23.1 Å². The number of amides is 2. The smallest absolute Gasteiger partial charge is 0.353 e. The van der Waals surface area contributed by atoms with E-state index in [-0.39, 0.29) is 5.70 Å². The molecule has 1 fully saturated rings. The van der Waals surface area contributed by atoms with Gasteiger partial charge in [0.05, 0.1) is 0 Å². The molecule has 4 rings (SSSR count). The molecule has 3 atom stereocenters. The molecule has 1 saturated heterocycles. The second-order valence-electron chi connectivity index (χ2n) is 6.16. The van der Waals surface area contributed by atoms with Crippen molar-refractivity contribution in [3.05, 3.63) is 52.1 Å². The van der Waals surface area contributed by atoms with Gasteiger partial charge in [0.2, 0.25) is 5.91 Å². The number of nitrogens with zero attached hydrogens (tertiary/aromatic N) is 3. The number of carboxylic acid groups (broad SMARTS) is 1. The zero-order chi connectivity index (χ0) is 19.8. The maximum atomic E-state index is 12.6. The Labute approximate surface area is 167 Å². The highest BCUT2D eigenvalue weighted by Crippen LogP contribution is 2.43. The summed E-state index contributed by atoms with van der Waals surface area (Å²) in [5.41, 5.74) is 8.46. The fraction of sp³-hybridized carbons (Fsp3) is 0.235. The van der Waals surface area contributed by atoms with Gasteiger partial charge in [-0.05, 0) is 5.56 Å². The molecule has 0 radical (unpaired) electrons. The number of nitrogens with one attached hydrogen (secondary N) is 1. The fourth-order valence-corrected chi connectivity index (χ4v) is 5.18. The second-order valence-corrected chi connectivity index (χ2v) is 8.10. The summed E-state index contributed by atoms with van der Waals surface area (Å²) in [6.07, 6.45) is 0. The highest BCUT2D eigenvalue weighted by Gasteiger charge is 2.54. The number of carboxylic acids is 1. The van der Waals surface area contributed by atoms with Crippen LogP contribution < -0.4 is 11.1 Å². The largest absolute Gasteiger partial charge is 0.477 e. The van der Waals surface area contributed by atoms with Crippen molar-refractivity contribution in [1.82, 2.24) is 20.4 Å². The van der Waals surface area contributed by atoms with E-state index in [9.17, 15) is 19.5 Å². The van der Waals surface area contributed by atoms with E-state index in [1.54, 1.807) is 24.3 Å². The number of carbonyl (C=O) groups is 3. The molecule has 2 aliphatic heterocycles. The zero-order valence-electron chi connectivity index (χ0n) is 14.3. The molecular formula is C17H15N5O4S2. The van der Waals surface area contributed by atoms with Crippen LogP contribution in [0.4, 0.5) is 0 Å². The number of benzene rings is 1. The van der Waals surface area contributed by atoms with Crippen LogP contribution in [0.1, 0.15) is 16.6 Å². The van der Waals surface area contributed by atoms with Gasteiger partial charge in [-0.25, -0.2) is 4.79 Å². The molecule has 1 aromatic carbocycles. The number of nitrogens with two attached hydrogens (primary N) is 1. The van der Waals surface area contributed by atoms with Crippen molar-refractivity contribution in [2.24, 2.45) is 5.73 Å². The lowest BCUT2D eigenvalue weighted by Gasteiger charge is -2.49. The minimum atomic E-state index is -1.21. The van der Waals surface area contributed by atoms with Gasteiger partial charge in [-0.3, -0.25) is 14.5 Å². The van der Waals surface area contributed by atoms with Crippen LogP contribution in [0, 0.1) is 0 Å². The van der Waals surface area contributed by atoms with Crippen LogP contribution in [0.25, 0.3) is 5.57 Å². The topological polar surface area (TPSA) is 139 Å². The second kappa shape index (κ2) is 7.34. The van der Waals surface area contributed by atoms with Crippen molar-refractivity contribution in [1.29, 1.82) is 0 Å². The summed E-state index contributed by atoms with van der Waals surface area (Å²) >= 11 is 2.58. The van der Waals surface area contributed by atoms with Crippen LogP contribution in [0.15, 0.2) is 41.5 Å². The highest BCUT2D eigenvalue weighted by atomic mass is 32.2. The first-order valence-electron chi connectivity index (χ1n) is 8.27. The van der Waals surface area contributed by atoms with E-state index in [0.29, 0.717) is 21.9 Å². The Bertz CT molecular complexity index is 963. The molecule has 2 amide bonds. The molecule has 0 aliphatic carbocycles. The average molecular weight is 417 g/mol. The predicted molar refractivity (Wildman–Crippen MR) is 103 cm³/mol. The van der Waals surface area contributed by atoms with Crippen molar-refractivity contribution in [2.45, 2.75) is 17.5 Å². The summed E-state index contributed by atoms with van der Waals surface area (Å²) in [6.45, 7) is 0. The quantitative estimate of drug-likeness (QED) is 0.596. The number of rotatable bonds is 5. The predicted octanol–water partition coefficient (Wildman–Crippen LogP) is 0.434. The molecule has 144 valence electrons. The van der Waals surface area contributed by atoms with E-state index in [0.717, 1.165) is 0 Å². The highest BCUT2D eigenvalue weighted by molar-refractivity contribution is 8.00.